The van der Waals surface area contributed by atoms with Crippen molar-refractivity contribution >= 4 is 50.3 Å². The van der Waals surface area contributed by atoms with Crippen LogP contribution in [-0.4, -0.2) is 76.2 Å². The Labute approximate surface area is 415 Å². The van der Waals surface area contributed by atoms with Gasteiger partial charge in [-0.1, -0.05) is 200 Å². The summed E-state index contributed by atoms with van der Waals surface area (Å²) in [6, 6.07) is 63.5. The van der Waals surface area contributed by atoms with E-state index in [2.05, 4.69) is 131 Å². The first-order valence-electron chi connectivity index (χ1n) is 23.2. The van der Waals surface area contributed by atoms with Crippen molar-refractivity contribution in [3.8, 4) is 0 Å². The second-order valence-electron chi connectivity index (χ2n) is 18.6. The highest BCUT2D eigenvalue weighted by molar-refractivity contribution is 9.10. The molecule has 1 aliphatic heterocycles. The Bertz CT molecular complexity index is 2730. The van der Waals surface area contributed by atoms with Crippen LogP contribution in [0, 0.1) is 10.1 Å². The molecular formula is C56H58BrN3O7SSi. The molecule has 1 aliphatic rings. The lowest BCUT2D eigenvalue weighted by Crippen LogP contribution is -2.68. The minimum atomic E-state index is -4.11. The number of ether oxygens (including phenoxy) is 1. The molecule has 8 rings (SSSR count). The number of non-ortho nitro benzene ring substituents is 1. The molecule has 0 bridgehead atoms. The van der Waals surface area contributed by atoms with E-state index in [-0.39, 0.29) is 53.9 Å². The smallest absolute Gasteiger partial charge is 0.269 e. The molecule has 0 amide bonds. The van der Waals surface area contributed by atoms with Gasteiger partial charge in [0.1, 0.15) is 5.60 Å². The van der Waals surface area contributed by atoms with Crippen molar-refractivity contribution in [2.45, 2.75) is 66.8 Å². The van der Waals surface area contributed by atoms with E-state index in [9.17, 15) is 23.6 Å². The molecule has 356 valence electrons. The molecule has 7 aromatic carbocycles. The van der Waals surface area contributed by atoms with Crippen LogP contribution in [0.25, 0.3) is 0 Å². The number of nitrogens with one attached hydrogen (secondary N) is 1. The lowest BCUT2D eigenvalue weighted by atomic mass is 9.74. The van der Waals surface area contributed by atoms with E-state index in [1.165, 1.54) is 24.3 Å². The van der Waals surface area contributed by atoms with Crippen LogP contribution in [-0.2, 0) is 24.8 Å². The minimum Gasteiger partial charge on any atom is -0.407 e. The highest BCUT2D eigenvalue weighted by Gasteiger charge is 2.52. The second-order valence-corrected chi connectivity index (χ2v) is 25.5. The molecule has 2 N–H and O–H groups in total. The molecule has 7 aromatic rings. The molecule has 1 saturated heterocycles. The SMILES string of the molecule is CC(C)(C)[Si](OCC[C@H](O)CN1[C@H](COC(c2ccccc2)(c2ccccc2)c2ccccc2)[C@H](c2ccc(Br)cc2)[C@@H]1CNS(=O)(=O)c1ccc([N+](=O)[O-])cc1)(c1ccccc1)c1ccccc1. The van der Waals surface area contributed by atoms with Crippen molar-refractivity contribution < 1.29 is 27.6 Å². The second kappa shape index (κ2) is 21.6. The highest BCUT2D eigenvalue weighted by Crippen LogP contribution is 2.46. The lowest BCUT2D eigenvalue weighted by molar-refractivity contribution is -0.384. The molecule has 0 spiro atoms. The molecule has 1 fully saturated rings. The average molecular weight is 1030 g/mol. The maximum atomic E-state index is 13.9. The van der Waals surface area contributed by atoms with Crippen molar-refractivity contribution in [2.75, 3.05) is 26.3 Å². The van der Waals surface area contributed by atoms with E-state index < -0.39 is 41.0 Å². The third kappa shape index (κ3) is 10.6. The first kappa shape index (κ1) is 49.8. The molecule has 0 radical (unpaired) electrons. The minimum absolute atomic E-state index is 0.0109. The van der Waals surface area contributed by atoms with Gasteiger partial charge in [0.15, 0.2) is 0 Å². The van der Waals surface area contributed by atoms with Crippen LogP contribution >= 0.6 is 15.9 Å². The van der Waals surface area contributed by atoms with Crippen LogP contribution in [0.2, 0.25) is 5.04 Å². The Kier molecular flexibility index (Phi) is 15.6. The predicted molar refractivity (Wildman–Crippen MR) is 279 cm³/mol. The zero-order valence-electron chi connectivity index (χ0n) is 39.0. The number of hydrogen-bond acceptors (Lipinski definition) is 8. The van der Waals surface area contributed by atoms with Crippen molar-refractivity contribution in [3.63, 3.8) is 0 Å². The van der Waals surface area contributed by atoms with Gasteiger partial charge in [-0.2, -0.15) is 0 Å². The standard InChI is InChI=1S/C56H58BrN3O7SSi/c1-55(2,3)69(50-25-15-7-16-26-50,51-27-17-8-18-28-51)67-38-37-48(61)40-59-52(39-58-68(64,65)49-35-33-47(34-36-49)60(62)63)54(42-29-31-46(57)32-30-42)53(59)41-66-56(43-19-9-4-10-20-43,44-21-11-5-12-22-44)45-23-13-6-14-24-45/h4-36,48,52-54,58,61H,37-41H2,1-3H3/t48-,52-,53+,54+/m0/s1. The number of hydrogen-bond donors (Lipinski definition) is 2. The topological polar surface area (TPSA) is 131 Å². The first-order chi connectivity index (χ1) is 33.2. The van der Waals surface area contributed by atoms with Crippen LogP contribution in [0.15, 0.2) is 210 Å². The number of nitrogens with zero attached hydrogens (tertiary/aromatic N) is 2. The van der Waals surface area contributed by atoms with Crippen molar-refractivity contribution in [1.82, 2.24) is 9.62 Å². The van der Waals surface area contributed by atoms with Crippen LogP contribution in [0.5, 0.6) is 0 Å². The number of aliphatic hydroxyl groups is 1. The summed E-state index contributed by atoms with van der Waals surface area (Å²) in [5, 5.41) is 25.7. The third-order valence-corrected chi connectivity index (χ3v) is 20.4. The normalized spacial score (nSPS) is 17.2. The van der Waals surface area contributed by atoms with E-state index in [4.69, 9.17) is 9.16 Å². The molecular weight excluding hydrogens is 967 g/mol. The van der Waals surface area contributed by atoms with Gasteiger partial charge >= 0.3 is 0 Å². The van der Waals surface area contributed by atoms with Gasteiger partial charge in [-0.15, -0.1) is 0 Å². The summed E-state index contributed by atoms with van der Waals surface area (Å²) in [5.41, 5.74) is 2.58. The van der Waals surface area contributed by atoms with E-state index in [1.807, 2.05) is 91.0 Å². The van der Waals surface area contributed by atoms with Crippen molar-refractivity contribution in [2.24, 2.45) is 0 Å². The molecule has 0 aromatic heterocycles. The number of β-amino-alcohol motifs (C(OH)–C–C–N with tert-alkyl or cyclic N) is 1. The number of aliphatic hydroxyl groups excluding tert-OH is 1. The van der Waals surface area contributed by atoms with Gasteiger partial charge in [-0.25, -0.2) is 13.1 Å². The average Bonchev–Trinajstić information content (AvgIpc) is 3.36. The van der Waals surface area contributed by atoms with Gasteiger partial charge in [-0.05, 0) is 68.4 Å². The van der Waals surface area contributed by atoms with Gasteiger partial charge in [0.25, 0.3) is 14.0 Å². The number of rotatable bonds is 20. The maximum Gasteiger partial charge on any atom is 0.269 e. The maximum absolute atomic E-state index is 13.9. The summed E-state index contributed by atoms with van der Waals surface area (Å²) in [6.45, 7) is 7.36. The first-order valence-corrected chi connectivity index (χ1v) is 27.4. The molecule has 1 heterocycles. The predicted octanol–water partition coefficient (Wildman–Crippen LogP) is 9.81. The quantitative estimate of drug-likeness (QED) is 0.0334. The summed E-state index contributed by atoms with van der Waals surface area (Å²) in [6.07, 6.45) is -0.548. The number of halogens is 1. The third-order valence-electron chi connectivity index (χ3n) is 13.4. The van der Waals surface area contributed by atoms with E-state index >= 15 is 0 Å². The lowest BCUT2D eigenvalue weighted by Gasteiger charge is -2.57. The Morgan fingerprint density at radius 1 is 0.696 bits per heavy atom. The summed E-state index contributed by atoms with van der Waals surface area (Å²) < 4.78 is 46.3. The van der Waals surface area contributed by atoms with Gasteiger partial charge in [0, 0.05) is 54.3 Å². The van der Waals surface area contributed by atoms with Gasteiger partial charge < -0.3 is 14.3 Å². The van der Waals surface area contributed by atoms with Crippen LogP contribution in [0.1, 0.15) is 55.4 Å². The number of likely N-dealkylation sites (tertiary alicyclic amines) is 1. The molecule has 0 saturated carbocycles. The number of sulfonamides is 1. The van der Waals surface area contributed by atoms with Gasteiger partial charge in [0.05, 0.1) is 22.5 Å². The fraction of sp³-hybridized carbons (Fsp3) is 0.250. The van der Waals surface area contributed by atoms with Crippen molar-refractivity contribution in [3.05, 3.63) is 237 Å². The van der Waals surface area contributed by atoms with Crippen molar-refractivity contribution in [1.29, 1.82) is 0 Å². The monoisotopic (exact) mass is 1020 g/mol. The number of nitro benzene ring substituents is 1. The molecule has 10 nitrogen and oxygen atoms in total. The summed E-state index contributed by atoms with van der Waals surface area (Å²) in [5.74, 6) is -0.252. The Morgan fingerprint density at radius 3 is 1.61 bits per heavy atom. The highest BCUT2D eigenvalue weighted by atomic mass is 79.9. The Hall–Kier alpha value is -5.61. The fourth-order valence-corrected chi connectivity index (χ4v) is 16.0. The van der Waals surface area contributed by atoms with Crippen LogP contribution < -0.4 is 15.1 Å². The fourth-order valence-electron chi connectivity index (χ4n) is 10.1. The largest absolute Gasteiger partial charge is 0.407 e. The van der Waals surface area contributed by atoms with E-state index in [0.29, 0.717) is 6.42 Å². The number of nitro groups is 1. The van der Waals surface area contributed by atoms with Crippen LogP contribution in [0.4, 0.5) is 5.69 Å². The summed E-state index contributed by atoms with van der Waals surface area (Å²) in [7, 11) is -7.02. The molecule has 69 heavy (non-hydrogen) atoms. The molecule has 13 heteroatoms. The Balaban J connectivity index is 1.15. The van der Waals surface area contributed by atoms with Gasteiger partial charge in [0.2, 0.25) is 10.0 Å². The van der Waals surface area contributed by atoms with E-state index in [1.54, 1.807) is 0 Å². The molecule has 0 aliphatic carbocycles. The molecule has 4 atom stereocenters. The zero-order valence-corrected chi connectivity index (χ0v) is 42.4. The van der Waals surface area contributed by atoms with E-state index in [0.717, 1.165) is 37.1 Å². The van der Waals surface area contributed by atoms with Gasteiger partial charge in [-0.3, -0.25) is 15.0 Å². The molecule has 0 unspecified atom stereocenters. The Morgan fingerprint density at radius 2 is 1.16 bits per heavy atom. The number of benzene rings is 7. The summed E-state index contributed by atoms with van der Waals surface area (Å²) in [4.78, 5) is 12.9. The zero-order chi connectivity index (χ0) is 48.7. The summed E-state index contributed by atoms with van der Waals surface area (Å²) >= 11 is 3.61. The van der Waals surface area contributed by atoms with Crippen LogP contribution in [0.3, 0.4) is 0 Å².